The Balaban J connectivity index is 2.02. The van der Waals surface area contributed by atoms with Crippen molar-refractivity contribution in [2.24, 2.45) is 0 Å². The van der Waals surface area contributed by atoms with Crippen LogP contribution in [-0.4, -0.2) is 26.2 Å². The third-order valence-electron chi connectivity index (χ3n) is 2.09. The monoisotopic (exact) mass is 344 g/mol. The van der Waals surface area contributed by atoms with E-state index < -0.39 is 0 Å². The number of aromatic nitrogens is 3. The SMILES string of the molecule is O=C(NCc1ncn[nH]1)c1ccc(I)c(O)c1. The molecule has 3 N–H and O–H groups in total. The van der Waals surface area contributed by atoms with Crippen LogP contribution in [0.3, 0.4) is 0 Å². The lowest BCUT2D eigenvalue weighted by Gasteiger charge is -2.04. The molecule has 1 amide bonds. The van der Waals surface area contributed by atoms with Gasteiger partial charge < -0.3 is 10.4 Å². The van der Waals surface area contributed by atoms with Gasteiger partial charge in [0.25, 0.3) is 5.91 Å². The van der Waals surface area contributed by atoms with E-state index in [1.165, 1.54) is 12.4 Å². The molecule has 0 aliphatic carbocycles. The van der Waals surface area contributed by atoms with Gasteiger partial charge in [0.2, 0.25) is 0 Å². The zero-order valence-corrected chi connectivity index (χ0v) is 10.8. The summed E-state index contributed by atoms with van der Waals surface area (Å²) in [6.45, 7) is 0.269. The molecule has 1 aromatic heterocycles. The fourth-order valence-electron chi connectivity index (χ4n) is 1.24. The molecule has 0 saturated carbocycles. The van der Waals surface area contributed by atoms with Gasteiger partial charge in [-0.3, -0.25) is 9.89 Å². The van der Waals surface area contributed by atoms with E-state index in [1.54, 1.807) is 12.1 Å². The van der Waals surface area contributed by atoms with Crippen molar-refractivity contribution in [1.82, 2.24) is 20.5 Å². The van der Waals surface area contributed by atoms with E-state index in [0.717, 1.165) is 0 Å². The fourth-order valence-corrected chi connectivity index (χ4v) is 1.57. The summed E-state index contributed by atoms with van der Waals surface area (Å²) < 4.78 is 0.703. The first-order chi connectivity index (χ1) is 8.16. The molecule has 2 aromatic rings. The highest BCUT2D eigenvalue weighted by Crippen LogP contribution is 2.20. The quantitative estimate of drug-likeness (QED) is 0.726. The highest BCUT2D eigenvalue weighted by molar-refractivity contribution is 14.1. The van der Waals surface area contributed by atoms with E-state index in [1.807, 2.05) is 22.6 Å². The molecule has 1 aromatic carbocycles. The molecular formula is C10H9IN4O2. The molecule has 0 aliphatic rings. The number of carbonyl (C=O) groups is 1. The van der Waals surface area contributed by atoms with Crippen LogP contribution in [0.4, 0.5) is 0 Å². The number of amides is 1. The number of H-pyrrole nitrogens is 1. The van der Waals surface area contributed by atoms with Gasteiger partial charge in [-0.05, 0) is 40.8 Å². The normalized spacial score (nSPS) is 10.2. The number of phenolic OH excluding ortho intramolecular Hbond substituents is 1. The molecular weight excluding hydrogens is 335 g/mol. The van der Waals surface area contributed by atoms with Crippen molar-refractivity contribution in [3.05, 3.63) is 39.5 Å². The maximum absolute atomic E-state index is 11.7. The molecule has 0 saturated heterocycles. The number of carbonyl (C=O) groups excluding carboxylic acids is 1. The van der Waals surface area contributed by atoms with Crippen LogP contribution < -0.4 is 5.32 Å². The minimum atomic E-state index is -0.270. The number of aromatic amines is 1. The summed E-state index contributed by atoms with van der Waals surface area (Å²) >= 11 is 1.99. The summed E-state index contributed by atoms with van der Waals surface area (Å²) in [6.07, 6.45) is 1.37. The van der Waals surface area contributed by atoms with Crippen molar-refractivity contribution in [3.63, 3.8) is 0 Å². The second-order valence-electron chi connectivity index (χ2n) is 3.28. The van der Waals surface area contributed by atoms with Crippen molar-refractivity contribution < 1.29 is 9.90 Å². The van der Waals surface area contributed by atoms with Crippen LogP contribution in [0.15, 0.2) is 24.5 Å². The van der Waals surface area contributed by atoms with Crippen LogP contribution in [0.5, 0.6) is 5.75 Å². The summed E-state index contributed by atoms with van der Waals surface area (Å²) in [7, 11) is 0. The number of hydrogen-bond acceptors (Lipinski definition) is 4. The minimum Gasteiger partial charge on any atom is -0.507 e. The third-order valence-corrected chi connectivity index (χ3v) is 3.00. The number of rotatable bonds is 3. The highest BCUT2D eigenvalue weighted by Gasteiger charge is 2.08. The smallest absolute Gasteiger partial charge is 0.251 e. The standard InChI is InChI=1S/C10H9IN4O2/c11-7-2-1-6(3-8(7)16)10(17)12-4-9-13-5-14-15-9/h1-3,5,16H,4H2,(H,12,17)(H,13,14,15). The Morgan fingerprint density at radius 1 is 1.53 bits per heavy atom. The topological polar surface area (TPSA) is 90.9 Å². The van der Waals surface area contributed by atoms with Gasteiger partial charge in [0.05, 0.1) is 10.1 Å². The van der Waals surface area contributed by atoms with Crippen LogP contribution in [0.1, 0.15) is 16.2 Å². The third kappa shape index (κ3) is 2.93. The second kappa shape index (κ2) is 5.13. The summed E-state index contributed by atoms with van der Waals surface area (Å²) in [5.74, 6) is 0.402. The number of hydrogen-bond donors (Lipinski definition) is 3. The van der Waals surface area contributed by atoms with Gasteiger partial charge in [-0.2, -0.15) is 5.10 Å². The predicted octanol–water partition coefficient (Wildman–Crippen LogP) is 1.04. The van der Waals surface area contributed by atoms with Gasteiger partial charge in [-0.25, -0.2) is 4.98 Å². The van der Waals surface area contributed by atoms with Crippen molar-refractivity contribution in [3.8, 4) is 5.75 Å². The molecule has 88 valence electrons. The van der Waals surface area contributed by atoms with Crippen molar-refractivity contribution in [2.45, 2.75) is 6.54 Å². The Morgan fingerprint density at radius 2 is 2.35 bits per heavy atom. The zero-order chi connectivity index (χ0) is 12.3. The van der Waals surface area contributed by atoms with Crippen LogP contribution in [0, 0.1) is 3.57 Å². The van der Waals surface area contributed by atoms with E-state index in [-0.39, 0.29) is 18.2 Å². The Morgan fingerprint density at radius 3 is 3.00 bits per heavy atom. The first-order valence-electron chi connectivity index (χ1n) is 4.78. The average molecular weight is 344 g/mol. The molecule has 0 fully saturated rings. The molecule has 0 aliphatic heterocycles. The number of aromatic hydroxyl groups is 1. The van der Waals surface area contributed by atoms with Crippen LogP contribution in [-0.2, 0) is 6.54 Å². The second-order valence-corrected chi connectivity index (χ2v) is 4.44. The number of halogens is 1. The number of phenols is 1. The molecule has 0 bridgehead atoms. The summed E-state index contributed by atoms with van der Waals surface area (Å²) in [4.78, 5) is 15.6. The molecule has 0 spiro atoms. The van der Waals surface area contributed by atoms with Gasteiger partial charge in [-0.15, -0.1) is 0 Å². The van der Waals surface area contributed by atoms with Gasteiger partial charge in [0.1, 0.15) is 17.9 Å². The molecule has 7 heteroatoms. The van der Waals surface area contributed by atoms with Gasteiger partial charge in [-0.1, -0.05) is 0 Å². The minimum absolute atomic E-state index is 0.0953. The van der Waals surface area contributed by atoms with Gasteiger partial charge >= 0.3 is 0 Å². The van der Waals surface area contributed by atoms with Gasteiger partial charge in [0.15, 0.2) is 0 Å². The van der Waals surface area contributed by atoms with Crippen molar-refractivity contribution >= 4 is 28.5 Å². The lowest BCUT2D eigenvalue weighted by atomic mass is 10.2. The number of benzene rings is 1. The highest BCUT2D eigenvalue weighted by atomic mass is 127. The summed E-state index contributed by atoms with van der Waals surface area (Å²) in [5.41, 5.74) is 0.405. The van der Waals surface area contributed by atoms with Crippen LogP contribution in [0.2, 0.25) is 0 Å². The Kier molecular flexibility index (Phi) is 3.57. The summed E-state index contributed by atoms with van der Waals surface area (Å²) in [6, 6.07) is 4.76. The van der Waals surface area contributed by atoms with E-state index in [0.29, 0.717) is 15.0 Å². The number of nitrogens with zero attached hydrogens (tertiary/aromatic N) is 2. The van der Waals surface area contributed by atoms with E-state index in [2.05, 4.69) is 20.5 Å². The van der Waals surface area contributed by atoms with Crippen molar-refractivity contribution in [2.75, 3.05) is 0 Å². The predicted molar refractivity (Wildman–Crippen MR) is 68.4 cm³/mol. The molecule has 2 rings (SSSR count). The van der Waals surface area contributed by atoms with E-state index in [4.69, 9.17) is 0 Å². The summed E-state index contributed by atoms with van der Waals surface area (Å²) in [5, 5.41) is 18.5. The molecule has 6 nitrogen and oxygen atoms in total. The number of nitrogens with one attached hydrogen (secondary N) is 2. The Bertz CT molecular complexity index is 527. The van der Waals surface area contributed by atoms with E-state index >= 15 is 0 Å². The lowest BCUT2D eigenvalue weighted by Crippen LogP contribution is -2.23. The molecule has 0 atom stereocenters. The first kappa shape index (κ1) is 11.8. The Hall–Kier alpha value is -1.64. The largest absolute Gasteiger partial charge is 0.507 e. The molecule has 0 unspecified atom stereocenters. The first-order valence-corrected chi connectivity index (χ1v) is 5.85. The average Bonchev–Trinajstić information content (AvgIpc) is 2.82. The molecule has 17 heavy (non-hydrogen) atoms. The zero-order valence-electron chi connectivity index (χ0n) is 8.64. The lowest BCUT2D eigenvalue weighted by molar-refractivity contribution is 0.0949. The van der Waals surface area contributed by atoms with Gasteiger partial charge in [0, 0.05) is 5.56 Å². The fraction of sp³-hybridized carbons (Fsp3) is 0.100. The maximum Gasteiger partial charge on any atom is 0.251 e. The van der Waals surface area contributed by atoms with E-state index in [9.17, 15) is 9.90 Å². The van der Waals surface area contributed by atoms with Crippen molar-refractivity contribution in [1.29, 1.82) is 0 Å². The van der Waals surface area contributed by atoms with Crippen LogP contribution >= 0.6 is 22.6 Å². The molecule has 0 radical (unpaired) electrons. The maximum atomic E-state index is 11.7. The van der Waals surface area contributed by atoms with Crippen LogP contribution in [0.25, 0.3) is 0 Å². The Labute approximate surface area is 111 Å². The molecule has 1 heterocycles.